The maximum Gasteiger partial charge on any atom is 0.185 e. The first-order chi connectivity index (χ1) is 7.93. The van der Waals surface area contributed by atoms with Crippen LogP contribution >= 0.6 is 0 Å². The molecule has 1 fully saturated rings. The van der Waals surface area contributed by atoms with E-state index in [1.165, 1.54) is 0 Å². The van der Waals surface area contributed by atoms with Crippen molar-refractivity contribution in [1.29, 1.82) is 0 Å². The highest BCUT2D eigenvalue weighted by atomic mass is 16.7. The molecule has 0 aromatic rings. The van der Waals surface area contributed by atoms with Gasteiger partial charge < -0.3 is 20.3 Å². The van der Waals surface area contributed by atoms with Crippen molar-refractivity contribution in [2.24, 2.45) is 17.1 Å². The minimum absolute atomic E-state index is 0.295. The topological polar surface area (TPSA) is 64.7 Å². The van der Waals surface area contributed by atoms with E-state index >= 15 is 0 Å². The van der Waals surface area contributed by atoms with Gasteiger partial charge >= 0.3 is 0 Å². The Kier molecular flexibility index (Phi) is 4.95. The Hall–Kier alpha value is -0.160. The molecule has 3 N–H and O–H groups in total. The van der Waals surface area contributed by atoms with E-state index in [1.807, 2.05) is 0 Å². The van der Waals surface area contributed by atoms with E-state index in [9.17, 15) is 5.11 Å². The zero-order valence-corrected chi connectivity index (χ0v) is 11.5. The van der Waals surface area contributed by atoms with Crippen LogP contribution in [0.2, 0.25) is 0 Å². The standard InChI is InChI=1S/C13H27NO3/c1-10-5-7-13(9-14,8-6-10)12(2,15)11(16-3)17-4/h10-11,15H,5-9,14H2,1-4H3. The molecule has 0 aromatic carbocycles. The quantitative estimate of drug-likeness (QED) is 0.721. The van der Waals surface area contributed by atoms with Crippen molar-refractivity contribution in [3.8, 4) is 0 Å². The van der Waals surface area contributed by atoms with Crippen LogP contribution in [0.15, 0.2) is 0 Å². The van der Waals surface area contributed by atoms with E-state index in [-0.39, 0.29) is 5.41 Å². The summed E-state index contributed by atoms with van der Waals surface area (Å²) in [6.45, 7) is 4.50. The average molecular weight is 245 g/mol. The molecule has 1 rings (SSSR count). The molecule has 17 heavy (non-hydrogen) atoms. The third kappa shape index (κ3) is 2.65. The van der Waals surface area contributed by atoms with Crippen molar-refractivity contribution in [1.82, 2.24) is 0 Å². The second-order valence-corrected chi connectivity index (χ2v) is 5.62. The second-order valence-electron chi connectivity index (χ2n) is 5.62. The molecular formula is C13H27NO3. The van der Waals surface area contributed by atoms with Gasteiger partial charge in [-0.05, 0) is 25.7 Å². The first-order valence-corrected chi connectivity index (χ1v) is 6.41. The van der Waals surface area contributed by atoms with Gasteiger partial charge in [-0.1, -0.05) is 19.8 Å². The van der Waals surface area contributed by atoms with Crippen LogP contribution in [0.4, 0.5) is 0 Å². The molecule has 4 heteroatoms. The lowest BCUT2D eigenvalue weighted by molar-refractivity contribution is -0.256. The van der Waals surface area contributed by atoms with Crippen LogP contribution in [0, 0.1) is 11.3 Å². The summed E-state index contributed by atoms with van der Waals surface area (Å²) in [5.41, 5.74) is 4.60. The molecule has 0 radical (unpaired) electrons. The van der Waals surface area contributed by atoms with Gasteiger partial charge in [0.15, 0.2) is 6.29 Å². The Morgan fingerprint density at radius 3 is 2.18 bits per heavy atom. The van der Waals surface area contributed by atoms with Crippen molar-refractivity contribution in [2.45, 2.75) is 51.4 Å². The lowest BCUT2D eigenvalue weighted by Gasteiger charge is -2.50. The molecule has 0 amide bonds. The molecule has 1 atom stereocenters. The lowest BCUT2D eigenvalue weighted by Crippen LogP contribution is -2.59. The maximum atomic E-state index is 10.8. The molecule has 1 aliphatic rings. The molecule has 0 aliphatic heterocycles. The fourth-order valence-corrected chi connectivity index (χ4v) is 3.04. The van der Waals surface area contributed by atoms with Gasteiger partial charge in [0.25, 0.3) is 0 Å². The first kappa shape index (κ1) is 14.9. The van der Waals surface area contributed by atoms with Crippen molar-refractivity contribution in [3.05, 3.63) is 0 Å². The average Bonchev–Trinajstić information content (AvgIpc) is 2.31. The van der Waals surface area contributed by atoms with Gasteiger partial charge in [-0.3, -0.25) is 0 Å². The summed E-state index contributed by atoms with van der Waals surface area (Å²) in [4.78, 5) is 0. The van der Waals surface area contributed by atoms with Crippen LogP contribution < -0.4 is 5.73 Å². The monoisotopic (exact) mass is 245 g/mol. The molecule has 102 valence electrons. The van der Waals surface area contributed by atoms with Crippen LogP contribution in [0.5, 0.6) is 0 Å². The Morgan fingerprint density at radius 2 is 1.82 bits per heavy atom. The maximum absolute atomic E-state index is 10.8. The summed E-state index contributed by atoms with van der Waals surface area (Å²) in [5, 5.41) is 10.8. The van der Waals surface area contributed by atoms with E-state index in [2.05, 4.69) is 6.92 Å². The normalized spacial score (nSPS) is 33.7. The number of nitrogens with two attached hydrogens (primary N) is 1. The van der Waals surface area contributed by atoms with E-state index in [0.29, 0.717) is 12.5 Å². The predicted molar refractivity (Wildman–Crippen MR) is 67.5 cm³/mol. The minimum atomic E-state index is -1.05. The van der Waals surface area contributed by atoms with E-state index in [0.717, 1.165) is 25.7 Å². The summed E-state index contributed by atoms with van der Waals surface area (Å²) in [6.07, 6.45) is 3.45. The van der Waals surface area contributed by atoms with E-state index in [1.54, 1.807) is 21.1 Å². The SMILES string of the molecule is COC(OC)C(C)(O)C1(CN)CCC(C)CC1. The number of aliphatic hydroxyl groups is 1. The molecule has 0 saturated heterocycles. The second kappa shape index (κ2) is 5.65. The third-order valence-electron chi connectivity index (χ3n) is 4.58. The fourth-order valence-electron chi connectivity index (χ4n) is 3.04. The number of methoxy groups -OCH3 is 2. The summed E-state index contributed by atoms with van der Waals surface area (Å²) in [6, 6.07) is 0. The number of hydrogen-bond acceptors (Lipinski definition) is 4. The number of rotatable bonds is 5. The number of hydrogen-bond donors (Lipinski definition) is 2. The van der Waals surface area contributed by atoms with Crippen molar-refractivity contribution in [2.75, 3.05) is 20.8 Å². The highest BCUT2D eigenvalue weighted by Gasteiger charge is 2.52. The molecule has 1 aliphatic carbocycles. The van der Waals surface area contributed by atoms with E-state index in [4.69, 9.17) is 15.2 Å². The molecule has 0 heterocycles. The molecule has 0 spiro atoms. The van der Waals surface area contributed by atoms with Crippen LogP contribution in [0.25, 0.3) is 0 Å². The van der Waals surface area contributed by atoms with Crippen molar-refractivity contribution >= 4 is 0 Å². The summed E-state index contributed by atoms with van der Waals surface area (Å²) >= 11 is 0. The van der Waals surface area contributed by atoms with Gasteiger partial charge in [-0.2, -0.15) is 0 Å². The lowest BCUT2D eigenvalue weighted by atomic mass is 9.61. The zero-order chi connectivity index (χ0) is 13.1. The fraction of sp³-hybridized carbons (Fsp3) is 1.00. The van der Waals surface area contributed by atoms with Gasteiger partial charge in [0, 0.05) is 26.2 Å². The van der Waals surface area contributed by atoms with Crippen LogP contribution in [-0.4, -0.2) is 37.8 Å². The predicted octanol–water partition coefficient (Wildman–Crippen LogP) is 1.51. The van der Waals surface area contributed by atoms with Gasteiger partial charge in [-0.25, -0.2) is 0 Å². The van der Waals surface area contributed by atoms with Crippen LogP contribution in [0.1, 0.15) is 39.5 Å². The zero-order valence-electron chi connectivity index (χ0n) is 11.5. The number of ether oxygens (including phenoxy) is 2. The summed E-state index contributed by atoms with van der Waals surface area (Å²) in [5.74, 6) is 0.717. The molecule has 1 unspecified atom stereocenters. The molecule has 0 aromatic heterocycles. The first-order valence-electron chi connectivity index (χ1n) is 6.41. The van der Waals surface area contributed by atoms with Crippen LogP contribution in [0.3, 0.4) is 0 Å². The minimum Gasteiger partial charge on any atom is -0.384 e. The van der Waals surface area contributed by atoms with Crippen LogP contribution in [-0.2, 0) is 9.47 Å². The molecular weight excluding hydrogens is 218 g/mol. The Morgan fingerprint density at radius 1 is 1.35 bits per heavy atom. The van der Waals surface area contributed by atoms with Gasteiger partial charge in [0.2, 0.25) is 0 Å². The molecule has 1 saturated carbocycles. The Balaban J connectivity index is 2.91. The Labute approximate surface area is 104 Å². The Bertz CT molecular complexity index is 231. The van der Waals surface area contributed by atoms with Crippen molar-refractivity contribution in [3.63, 3.8) is 0 Å². The summed E-state index contributed by atoms with van der Waals surface area (Å²) < 4.78 is 10.5. The third-order valence-corrected chi connectivity index (χ3v) is 4.58. The summed E-state index contributed by atoms with van der Waals surface area (Å²) in [7, 11) is 3.11. The molecule has 4 nitrogen and oxygen atoms in total. The largest absolute Gasteiger partial charge is 0.384 e. The molecule has 0 bridgehead atoms. The van der Waals surface area contributed by atoms with Crippen molar-refractivity contribution < 1.29 is 14.6 Å². The van der Waals surface area contributed by atoms with Gasteiger partial charge in [-0.15, -0.1) is 0 Å². The smallest absolute Gasteiger partial charge is 0.185 e. The van der Waals surface area contributed by atoms with Gasteiger partial charge in [0.05, 0.1) is 0 Å². The highest BCUT2D eigenvalue weighted by Crippen LogP contribution is 2.47. The van der Waals surface area contributed by atoms with Gasteiger partial charge in [0.1, 0.15) is 5.60 Å². The highest BCUT2D eigenvalue weighted by molar-refractivity contribution is 5.01. The van der Waals surface area contributed by atoms with E-state index < -0.39 is 11.9 Å².